The molecule has 1 N–H and O–H groups in total. The minimum absolute atomic E-state index is 0.0274. The average molecular weight is 555 g/mol. The SMILES string of the molecule is Cc1ccc(N(CC(=O)N(Cc2ccc(Cl)cc2Cl)C(C)C(=O)NC2CCCCC2)S(C)(=O)=O)cc1. The summed E-state index contributed by atoms with van der Waals surface area (Å²) >= 11 is 12.4. The highest BCUT2D eigenvalue weighted by molar-refractivity contribution is 7.92. The van der Waals surface area contributed by atoms with E-state index in [1.165, 1.54) is 4.90 Å². The number of amides is 2. The molecule has 1 aliphatic carbocycles. The lowest BCUT2D eigenvalue weighted by molar-refractivity contribution is -0.139. The fourth-order valence-corrected chi connectivity index (χ4v) is 5.63. The van der Waals surface area contributed by atoms with Crippen molar-refractivity contribution in [1.82, 2.24) is 10.2 Å². The van der Waals surface area contributed by atoms with E-state index in [0.717, 1.165) is 48.2 Å². The minimum Gasteiger partial charge on any atom is -0.352 e. The van der Waals surface area contributed by atoms with Crippen molar-refractivity contribution < 1.29 is 18.0 Å². The number of rotatable bonds is 9. The first-order chi connectivity index (χ1) is 17.0. The Labute approximate surface area is 223 Å². The van der Waals surface area contributed by atoms with Gasteiger partial charge in [0.15, 0.2) is 0 Å². The lowest BCUT2D eigenvalue weighted by Gasteiger charge is -2.33. The van der Waals surface area contributed by atoms with E-state index in [0.29, 0.717) is 21.3 Å². The molecule has 1 fully saturated rings. The number of aryl methyl sites for hydroxylation is 1. The number of anilines is 1. The van der Waals surface area contributed by atoms with Crippen LogP contribution in [0.25, 0.3) is 0 Å². The normalized spacial score (nSPS) is 15.2. The molecule has 7 nitrogen and oxygen atoms in total. The molecule has 1 unspecified atom stereocenters. The molecular weight excluding hydrogens is 521 g/mol. The minimum atomic E-state index is -3.77. The van der Waals surface area contributed by atoms with Crippen LogP contribution < -0.4 is 9.62 Å². The van der Waals surface area contributed by atoms with Crippen molar-refractivity contribution in [2.75, 3.05) is 17.1 Å². The van der Waals surface area contributed by atoms with E-state index in [9.17, 15) is 18.0 Å². The first-order valence-corrected chi connectivity index (χ1v) is 14.6. The van der Waals surface area contributed by atoms with Gasteiger partial charge in [-0.1, -0.05) is 66.2 Å². The van der Waals surface area contributed by atoms with Gasteiger partial charge in [0.1, 0.15) is 12.6 Å². The lowest BCUT2D eigenvalue weighted by Crippen LogP contribution is -2.53. The quantitative estimate of drug-likeness (QED) is 0.476. The molecule has 2 aromatic carbocycles. The number of sulfonamides is 1. The third kappa shape index (κ3) is 7.60. The lowest BCUT2D eigenvalue weighted by atomic mass is 9.95. The highest BCUT2D eigenvalue weighted by Gasteiger charge is 2.31. The molecule has 2 amide bonds. The molecule has 2 aromatic rings. The van der Waals surface area contributed by atoms with Gasteiger partial charge in [0.25, 0.3) is 0 Å². The van der Waals surface area contributed by atoms with Crippen LogP contribution in [-0.2, 0) is 26.2 Å². The fourth-order valence-electron chi connectivity index (χ4n) is 4.31. The van der Waals surface area contributed by atoms with Gasteiger partial charge in [-0.3, -0.25) is 13.9 Å². The van der Waals surface area contributed by atoms with E-state index >= 15 is 0 Å². The second kappa shape index (κ2) is 12.3. The first kappa shape index (κ1) is 28.3. The van der Waals surface area contributed by atoms with Gasteiger partial charge < -0.3 is 10.2 Å². The predicted octanol–water partition coefficient (Wildman–Crippen LogP) is 4.93. The summed E-state index contributed by atoms with van der Waals surface area (Å²) in [4.78, 5) is 28.2. The van der Waals surface area contributed by atoms with Crippen molar-refractivity contribution in [3.05, 3.63) is 63.6 Å². The van der Waals surface area contributed by atoms with Gasteiger partial charge in [0.05, 0.1) is 11.9 Å². The highest BCUT2D eigenvalue weighted by Crippen LogP contribution is 2.25. The molecule has 196 valence electrons. The Morgan fingerprint density at radius 1 is 1.06 bits per heavy atom. The molecule has 0 spiro atoms. The van der Waals surface area contributed by atoms with Gasteiger partial charge in [-0.2, -0.15) is 0 Å². The molecule has 0 aromatic heterocycles. The molecule has 0 aliphatic heterocycles. The van der Waals surface area contributed by atoms with E-state index in [4.69, 9.17) is 23.2 Å². The van der Waals surface area contributed by atoms with Gasteiger partial charge in [-0.25, -0.2) is 8.42 Å². The Bertz CT molecular complexity index is 1180. The maximum atomic E-state index is 13.6. The van der Waals surface area contributed by atoms with E-state index in [1.54, 1.807) is 49.4 Å². The van der Waals surface area contributed by atoms with Crippen LogP contribution in [0.1, 0.15) is 50.2 Å². The van der Waals surface area contributed by atoms with Gasteiger partial charge >= 0.3 is 0 Å². The average Bonchev–Trinajstić information content (AvgIpc) is 2.82. The number of benzene rings is 2. The molecular formula is C26H33Cl2N3O4S. The predicted molar refractivity (Wildman–Crippen MR) is 145 cm³/mol. The number of carbonyl (C=O) groups is 2. The van der Waals surface area contributed by atoms with Gasteiger partial charge in [-0.05, 0) is 56.5 Å². The highest BCUT2D eigenvalue weighted by atomic mass is 35.5. The Morgan fingerprint density at radius 2 is 1.69 bits per heavy atom. The van der Waals surface area contributed by atoms with E-state index in [1.807, 2.05) is 6.92 Å². The zero-order valence-corrected chi connectivity index (χ0v) is 23.2. The Morgan fingerprint density at radius 3 is 2.28 bits per heavy atom. The summed E-state index contributed by atoms with van der Waals surface area (Å²) < 4.78 is 26.3. The van der Waals surface area contributed by atoms with Crippen molar-refractivity contribution in [2.45, 2.75) is 64.6 Å². The molecule has 1 atom stereocenters. The van der Waals surface area contributed by atoms with Crippen LogP contribution in [0.4, 0.5) is 5.69 Å². The topological polar surface area (TPSA) is 86.8 Å². The van der Waals surface area contributed by atoms with Crippen LogP contribution in [0, 0.1) is 6.92 Å². The number of nitrogens with one attached hydrogen (secondary N) is 1. The van der Waals surface area contributed by atoms with Gasteiger partial charge in [0, 0.05) is 22.6 Å². The zero-order valence-electron chi connectivity index (χ0n) is 20.8. The number of nitrogens with zero attached hydrogens (tertiary/aromatic N) is 2. The van der Waals surface area contributed by atoms with Crippen molar-refractivity contribution >= 4 is 50.7 Å². The molecule has 1 saturated carbocycles. The summed E-state index contributed by atoms with van der Waals surface area (Å²) in [5.74, 6) is -0.792. The molecule has 3 rings (SSSR count). The molecule has 10 heteroatoms. The first-order valence-electron chi connectivity index (χ1n) is 12.0. The Hall–Kier alpha value is -2.29. The van der Waals surface area contributed by atoms with Crippen molar-refractivity contribution in [3.8, 4) is 0 Å². The molecule has 0 radical (unpaired) electrons. The molecule has 0 bridgehead atoms. The molecule has 0 saturated heterocycles. The number of hydrogen-bond acceptors (Lipinski definition) is 4. The van der Waals surface area contributed by atoms with E-state index in [-0.39, 0.29) is 18.5 Å². The zero-order chi connectivity index (χ0) is 26.5. The number of halogens is 2. The van der Waals surface area contributed by atoms with Crippen molar-refractivity contribution in [3.63, 3.8) is 0 Å². The molecule has 0 heterocycles. The summed E-state index contributed by atoms with van der Waals surface area (Å²) in [5, 5.41) is 3.88. The third-order valence-electron chi connectivity index (χ3n) is 6.48. The molecule has 36 heavy (non-hydrogen) atoms. The number of carbonyl (C=O) groups excluding carboxylic acids is 2. The summed E-state index contributed by atoms with van der Waals surface area (Å²) in [6.07, 6.45) is 6.14. The maximum absolute atomic E-state index is 13.6. The van der Waals surface area contributed by atoms with Crippen LogP contribution >= 0.6 is 23.2 Å². The van der Waals surface area contributed by atoms with Crippen LogP contribution in [0.2, 0.25) is 10.0 Å². The summed E-state index contributed by atoms with van der Waals surface area (Å²) in [5.41, 5.74) is 1.94. The summed E-state index contributed by atoms with van der Waals surface area (Å²) in [7, 11) is -3.77. The smallest absolute Gasteiger partial charge is 0.244 e. The second-order valence-electron chi connectivity index (χ2n) is 9.38. The standard InChI is InChI=1S/C26H33Cl2N3O4S/c1-18-9-13-23(14-10-18)31(36(3,34)35)17-25(32)30(16-20-11-12-21(27)15-24(20)28)19(2)26(33)29-22-7-5-4-6-8-22/h9-15,19,22H,4-8,16-17H2,1-3H3,(H,29,33). The summed E-state index contributed by atoms with van der Waals surface area (Å²) in [6.45, 7) is 3.12. The van der Waals surface area contributed by atoms with Gasteiger partial charge in [-0.15, -0.1) is 0 Å². The maximum Gasteiger partial charge on any atom is 0.244 e. The van der Waals surface area contributed by atoms with Crippen LogP contribution in [0.5, 0.6) is 0 Å². The van der Waals surface area contributed by atoms with E-state index in [2.05, 4.69) is 5.32 Å². The monoisotopic (exact) mass is 553 g/mol. The second-order valence-corrected chi connectivity index (χ2v) is 12.1. The Kier molecular flexibility index (Phi) is 9.66. The van der Waals surface area contributed by atoms with Crippen molar-refractivity contribution in [1.29, 1.82) is 0 Å². The largest absolute Gasteiger partial charge is 0.352 e. The third-order valence-corrected chi connectivity index (χ3v) is 8.20. The number of hydrogen-bond donors (Lipinski definition) is 1. The molecule has 1 aliphatic rings. The Balaban J connectivity index is 1.89. The summed E-state index contributed by atoms with van der Waals surface area (Å²) in [6, 6.07) is 11.0. The van der Waals surface area contributed by atoms with Crippen molar-refractivity contribution in [2.24, 2.45) is 0 Å². The van der Waals surface area contributed by atoms with Crippen LogP contribution in [-0.4, -0.2) is 50.0 Å². The van der Waals surface area contributed by atoms with Gasteiger partial charge in [0.2, 0.25) is 21.8 Å². The fraction of sp³-hybridized carbons (Fsp3) is 0.462. The van der Waals surface area contributed by atoms with Crippen LogP contribution in [0.15, 0.2) is 42.5 Å². The van der Waals surface area contributed by atoms with Crippen LogP contribution in [0.3, 0.4) is 0 Å². The van der Waals surface area contributed by atoms with E-state index < -0.39 is 28.5 Å².